The fraction of sp³-hybridized carbons (Fsp3) is 0. The predicted octanol–water partition coefficient (Wildman–Crippen LogP) is 2.52. The summed E-state index contributed by atoms with van der Waals surface area (Å²) < 4.78 is 0. The Hall–Kier alpha value is -3.42. The summed E-state index contributed by atoms with van der Waals surface area (Å²) in [5.41, 5.74) is 6.49. The van der Waals surface area contributed by atoms with Crippen molar-refractivity contribution in [3.63, 3.8) is 0 Å². The fourth-order valence-electron chi connectivity index (χ4n) is 1.76. The van der Waals surface area contributed by atoms with Crippen molar-refractivity contribution in [2.45, 2.75) is 0 Å². The van der Waals surface area contributed by atoms with E-state index in [1.807, 2.05) is 0 Å². The Morgan fingerprint density at radius 3 is 2.27 bits per heavy atom. The Kier molecular flexibility index (Phi) is 4.33. The molecule has 0 saturated carbocycles. The van der Waals surface area contributed by atoms with E-state index in [2.05, 4.69) is 10.6 Å². The van der Waals surface area contributed by atoms with Crippen LogP contribution in [0.1, 0.15) is 5.56 Å². The topological polar surface area (TPSA) is 134 Å². The number of urea groups is 1. The van der Waals surface area contributed by atoms with Crippen molar-refractivity contribution < 1.29 is 9.72 Å². The SMILES string of the molecule is N=C(N)c1cccc(NC(=O)Nc2cccc([N+](=O)[O-])c2)c1. The van der Waals surface area contributed by atoms with Crippen molar-refractivity contribution in [3.8, 4) is 0 Å². The molecule has 2 rings (SSSR count). The van der Waals surface area contributed by atoms with E-state index in [1.54, 1.807) is 30.3 Å². The van der Waals surface area contributed by atoms with Gasteiger partial charge in [-0.05, 0) is 18.2 Å². The average Bonchev–Trinajstić information content (AvgIpc) is 2.47. The summed E-state index contributed by atoms with van der Waals surface area (Å²) in [6.45, 7) is 0. The van der Waals surface area contributed by atoms with E-state index in [1.165, 1.54) is 18.2 Å². The lowest BCUT2D eigenvalue weighted by molar-refractivity contribution is -0.384. The highest BCUT2D eigenvalue weighted by Gasteiger charge is 2.08. The highest BCUT2D eigenvalue weighted by Crippen LogP contribution is 2.17. The van der Waals surface area contributed by atoms with E-state index < -0.39 is 11.0 Å². The quantitative estimate of drug-likeness (QED) is 0.298. The number of amides is 2. The zero-order chi connectivity index (χ0) is 16.1. The van der Waals surface area contributed by atoms with E-state index in [4.69, 9.17) is 11.1 Å². The van der Waals surface area contributed by atoms with E-state index in [-0.39, 0.29) is 11.5 Å². The van der Waals surface area contributed by atoms with Crippen LogP contribution in [-0.2, 0) is 0 Å². The number of nitrogens with two attached hydrogens (primary N) is 1. The summed E-state index contributed by atoms with van der Waals surface area (Å²) in [4.78, 5) is 22.0. The first-order valence-electron chi connectivity index (χ1n) is 6.22. The standard InChI is InChI=1S/C14H13N5O3/c15-13(16)9-3-1-4-10(7-9)17-14(20)18-11-5-2-6-12(8-11)19(21)22/h1-8H,(H3,15,16)(H2,17,18,20). The molecule has 0 radical (unpaired) electrons. The van der Waals surface area contributed by atoms with Crippen molar-refractivity contribution in [1.82, 2.24) is 0 Å². The first kappa shape index (κ1) is 15.0. The van der Waals surface area contributed by atoms with Gasteiger partial charge < -0.3 is 16.4 Å². The summed E-state index contributed by atoms with van der Waals surface area (Å²) in [6.07, 6.45) is 0. The molecule has 0 spiro atoms. The number of carbonyl (C=O) groups is 1. The third-order valence-corrected chi connectivity index (χ3v) is 2.75. The van der Waals surface area contributed by atoms with Crippen molar-refractivity contribution in [1.29, 1.82) is 5.41 Å². The van der Waals surface area contributed by atoms with Gasteiger partial charge in [0.15, 0.2) is 0 Å². The summed E-state index contributed by atoms with van der Waals surface area (Å²) in [7, 11) is 0. The largest absolute Gasteiger partial charge is 0.384 e. The van der Waals surface area contributed by atoms with Crippen molar-refractivity contribution in [2.75, 3.05) is 10.6 Å². The van der Waals surface area contributed by atoms with Gasteiger partial charge in [-0.25, -0.2) is 4.79 Å². The minimum Gasteiger partial charge on any atom is -0.384 e. The zero-order valence-electron chi connectivity index (χ0n) is 11.4. The maximum atomic E-state index is 11.9. The molecule has 112 valence electrons. The van der Waals surface area contributed by atoms with Gasteiger partial charge in [-0.15, -0.1) is 0 Å². The monoisotopic (exact) mass is 299 g/mol. The average molecular weight is 299 g/mol. The van der Waals surface area contributed by atoms with Crippen LogP contribution in [0.2, 0.25) is 0 Å². The van der Waals surface area contributed by atoms with Crippen LogP contribution in [0.15, 0.2) is 48.5 Å². The maximum Gasteiger partial charge on any atom is 0.323 e. The lowest BCUT2D eigenvalue weighted by Crippen LogP contribution is -2.20. The number of carbonyl (C=O) groups excluding carboxylic acids is 1. The van der Waals surface area contributed by atoms with E-state index in [9.17, 15) is 14.9 Å². The molecule has 0 unspecified atom stereocenters. The van der Waals surface area contributed by atoms with Gasteiger partial charge in [0.25, 0.3) is 5.69 Å². The van der Waals surface area contributed by atoms with Crippen molar-refractivity contribution >= 4 is 28.9 Å². The Bertz CT molecular complexity index is 683. The van der Waals surface area contributed by atoms with Gasteiger partial charge in [0.2, 0.25) is 0 Å². The van der Waals surface area contributed by atoms with Crippen LogP contribution in [0.3, 0.4) is 0 Å². The van der Waals surface area contributed by atoms with E-state index >= 15 is 0 Å². The molecular formula is C14H13N5O3. The molecule has 2 aromatic rings. The number of hydrogen-bond donors (Lipinski definition) is 4. The van der Waals surface area contributed by atoms with Crippen molar-refractivity contribution in [3.05, 3.63) is 64.2 Å². The Morgan fingerprint density at radius 1 is 1.09 bits per heavy atom. The molecule has 0 saturated heterocycles. The second kappa shape index (κ2) is 6.35. The summed E-state index contributed by atoms with van der Waals surface area (Å²) in [5, 5.41) is 23.1. The molecule has 2 aromatic carbocycles. The molecule has 0 aromatic heterocycles. The molecule has 5 N–H and O–H groups in total. The number of non-ortho nitro benzene ring substituents is 1. The first-order valence-corrected chi connectivity index (χ1v) is 6.22. The number of amidine groups is 1. The lowest BCUT2D eigenvalue weighted by Gasteiger charge is -2.08. The predicted molar refractivity (Wildman–Crippen MR) is 83.2 cm³/mol. The molecule has 0 heterocycles. The van der Waals surface area contributed by atoms with Crippen LogP contribution < -0.4 is 16.4 Å². The number of nitro benzene ring substituents is 1. The number of benzene rings is 2. The summed E-state index contributed by atoms with van der Waals surface area (Å²) in [5.74, 6) is -0.109. The number of nitrogens with zero attached hydrogens (tertiary/aromatic N) is 1. The molecule has 0 atom stereocenters. The molecule has 0 aliphatic carbocycles. The zero-order valence-corrected chi connectivity index (χ0v) is 11.4. The van der Waals surface area contributed by atoms with Gasteiger partial charge >= 0.3 is 6.03 Å². The molecule has 0 bridgehead atoms. The van der Waals surface area contributed by atoms with Crippen LogP contribution in [0.25, 0.3) is 0 Å². The minimum absolute atomic E-state index is 0.109. The molecule has 0 fully saturated rings. The van der Waals surface area contributed by atoms with Crippen LogP contribution in [-0.4, -0.2) is 16.8 Å². The summed E-state index contributed by atoms with van der Waals surface area (Å²) in [6, 6.07) is 11.5. The Morgan fingerprint density at radius 2 is 1.68 bits per heavy atom. The van der Waals surface area contributed by atoms with Gasteiger partial charge in [-0.1, -0.05) is 18.2 Å². The molecule has 8 nitrogen and oxygen atoms in total. The Labute approximate surface area is 125 Å². The molecule has 22 heavy (non-hydrogen) atoms. The molecule has 2 amide bonds. The molecular weight excluding hydrogens is 286 g/mol. The smallest absolute Gasteiger partial charge is 0.323 e. The fourth-order valence-corrected chi connectivity index (χ4v) is 1.76. The van der Waals surface area contributed by atoms with E-state index in [0.717, 1.165) is 0 Å². The molecule has 0 aliphatic rings. The molecule has 0 aliphatic heterocycles. The molecule has 8 heteroatoms. The number of nitrogens with one attached hydrogen (secondary N) is 3. The second-order valence-electron chi connectivity index (χ2n) is 4.38. The van der Waals surface area contributed by atoms with Gasteiger partial charge in [0.1, 0.15) is 5.84 Å². The highest BCUT2D eigenvalue weighted by atomic mass is 16.6. The number of hydrogen-bond acceptors (Lipinski definition) is 4. The van der Waals surface area contributed by atoms with Crippen LogP contribution in [0.4, 0.5) is 21.9 Å². The number of nitro groups is 1. The third kappa shape index (κ3) is 3.79. The van der Waals surface area contributed by atoms with Crippen molar-refractivity contribution in [2.24, 2.45) is 5.73 Å². The van der Waals surface area contributed by atoms with Gasteiger partial charge in [0.05, 0.1) is 4.92 Å². The summed E-state index contributed by atoms with van der Waals surface area (Å²) >= 11 is 0. The number of anilines is 2. The highest BCUT2D eigenvalue weighted by molar-refractivity contribution is 6.01. The van der Waals surface area contributed by atoms with Crippen LogP contribution >= 0.6 is 0 Å². The number of rotatable bonds is 4. The van der Waals surface area contributed by atoms with Crippen LogP contribution in [0, 0.1) is 15.5 Å². The van der Waals surface area contributed by atoms with Gasteiger partial charge in [-0.3, -0.25) is 15.5 Å². The minimum atomic E-state index is -0.554. The van der Waals surface area contributed by atoms with Crippen LogP contribution in [0.5, 0.6) is 0 Å². The third-order valence-electron chi connectivity index (χ3n) is 2.75. The van der Waals surface area contributed by atoms with Gasteiger partial charge in [0, 0.05) is 29.1 Å². The Balaban J connectivity index is 2.07. The maximum absolute atomic E-state index is 11.9. The first-order chi connectivity index (χ1) is 10.5. The number of nitrogen functional groups attached to an aromatic ring is 1. The lowest BCUT2D eigenvalue weighted by atomic mass is 10.2. The van der Waals surface area contributed by atoms with E-state index in [0.29, 0.717) is 16.9 Å². The van der Waals surface area contributed by atoms with Gasteiger partial charge in [-0.2, -0.15) is 0 Å². The second-order valence-corrected chi connectivity index (χ2v) is 4.38. The normalized spacial score (nSPS) is 9.82.